The Kier molecular flexibility index (Phi) is 2.81. The molecule has 0 radical (unpaired) electrons. The van der Waals surface area contributed by atoms with Gasteiger partial charge in [0.2, 0.25) is 0 Å². The highest BCUT2D eigenvalue weighted by atomic mass is 79.9. The summed E-state index contributed by atoms with van der Waals surface area (Å²) >= 11 is 9.08. The molecule has 0 amide bonds. The zero-order valence-corrected chi connectivity index (χ0v) is 9.18. The molecule has 1 fully saturated rings. The average Bonchev–Trinajstić information content (AvgIpc) is 2.62. The third kappa shape index (κ3) is 2.00. The Morgan fingerprint density at radius 2 is 2.46 bits per heavy atom. The first-order valence-electron chi connectivity index (χ1n) is 4.07. The summed E-state index contributed by atoms with van der Waals surface area (Å²) in [5.41, 5.74) is 0. The number of aromatic nitrogens is 2. The predicted molar refractivity (Wildman–Crippen MR) is 52.7 cm³/mol. The van der Waals surface area contributed by atoms with Crippen LogP contribution in [0.5, 0.6) is 0 Å². The second kappa shape index (κ2) is 3.90. The van der Waals surface area contributed by atoms with Gasteiger partial charge in [0.25, 0.3) is 0 Å². The van der Waals surface area contributed by atoms with Crippen LogP contribution in [0.15, 0.2) is 10.7 Å². The molecule has 70 valence electrons. The lowest BCUT2D eigenvalue weighted by molar-refractivity contribution is 0.105. The largest absolute Gasteiger partial charge is 0.370 e. The fourth-order valence-electron chi connectivity index (χ4n) is 1.30. The van der Waals surface area contributed by atoms with E-state index in [-0.39, 0.29) is 6.10 Å². The van der Waals surface area contributed by atoms with Crippen LogP contribution in [0.1, 0.15) is 24.8 Å². The van der Waals surface area contributed by atoms with Gasteiger partial charge in [0.15, 0.2) is 5.82 Å². The second-order valence-electron chi connectivity index (χ2n) is 2.87. The molecular formula is C8H8BrClN2O. The van der Waals surface area contributed by atoms with Crippen molar-refractivity contribution in [3.8, 4) is 0 Å². The van der Waals surface area contributed by atoms with Gasteiger partial charge in [-0.3, -0.25) is 0 Å². The molecule has 1 aliphatic rings. The van der Waals surface area contributed by atoms with Crippen LogP contribution in [0, 0.1) is 0 Å². The van der Waals surface area contributed by atoms with Crippen LogP contribution < -0.4 is 0 Å². The van der Waals surface area contributed by atoms with E-state index < -0.39 is 0 Å². The van der Waals surface area contributed by atoms with Crippen molar-refractivity contribution in [2.45, 2.75) is 18.9 Å². The molecule has 1 aromatic rings. The molecule has 0 bridgehead atoms. The summed E-state index contributed by atoms with van der Waals surface area (Å²) in [6.07, 6.45) is 3.75. The van der Waals surface area contributed by atoms with E-state index in [1.807, 2.05) is 0 Å². The summed E-state index contributed by atoms with van der Waals surface area (Å²) in [6.45, 7) is 0.793. The molecule has 0 aliphatic carbocycles. The van der Waals surface area contributed by atoms with E-state index in [1.165, 1.54) is 0 Å². The standard InChI is InChI=1S/C8H8BrClN2O/c9-5-4-11-8(12-7(5)10)6-2-1-3-13-6/h4,6H,1-3H2. The van der Waals surface area contributed by atoms with Crippen LogP contribution in [0.3, 0.4) is 0 Å². The summed E-state index contributed by atoms with van der Waals surface area (Å²) in [6, 6.07) is 0. The summed E-state index contributed by atoms with van der Waals surface area (Å²) < 4.78 is 6.15. The van der Waals surface area contributed by atoms with Gasteiger partial charge in [0, 0.05) is 12.8 Å². The minimum atomic E-state index is 0.0330. The van der Waals surface area contributed by atoms with Gasteiger partial charge in [-0.25, -0.2) is 9.97 Å². The molecule has 5 heteroatoms. The minimum Gasteiger partial charge on any atom is -0.370 e. The lowest BCUT2D eigenvalue weighted by Gasteiger charge is -2.07. The molecule has 2 rings (SSSR count). The number of halogens is 2. The van der Waals surface area contributed by atoms with Gasteiger partial charge in [-0.15, -0.1) is 0 Å². The molecule has 1 atom stereocenters. The lowest BCUT2D eigenvalue weighted by atomic mass is 10.2. The fourth-order valence-corrected chi connectivity index (χ4v) is 1.62. The van der Waals surface area contributed by atoms with E-state index in [0.717, 1.165) is 23.9 Å². The Hall–Kier alpha value is -0.190. The smallest absolute Gasteiger partial charge is 0.158 e. The van der Waals surface area contributed by atoms with E-state index in [2.05, 4.69) is 25.9 Å². The fraction of sp³-hybridized carbons (Fsp3) is 0.500. The molecule has 1 saturated heterocycles. The van der Waals surface area contributed by atoms with Crippen LogP contribution in [-0.4, -0.2) is 16.6 Å². The van der Waals surface area contributed by atoms with Gasteiger partial charge in [-0.05, 0) is 28.8 Å². The molecule has 0 N–H and O–H groups in total. The first-order valence-corrected chi connectivity index (χ1v) is 5.24. The quantitative estimate of drug-likeness (QED) is 0.731. The van der Waals surface area contributed by atoms with E-state index in [9.17, 15) is 0 Å². The molecule has 1 unspecified atom stereocenters. The Morgan fingerprint density at radius 3 is 3.08 bits per heavy atom. The second-order valence-corrected chi connectivity index (χ2v) is 4.08. The van der Waals surface area contributed by atoms with Crippen LogP contribution in [0.25, 0.3) is 0 Å². The number of ether oxygens (including phenoxy) is 1. The highest BCUT2D eigenvalue weighted by Gasteiger charge is 2.20. The SMILES string of the molecule is Clc1nc(C2CCCO2)ncc1Br. The zero-order valence-electron chi connectivity index (χ0n) is 6.83. The molecule has 1 aromatic heterocycles. The highest BCUT2D eigenvalue weighted by molar-refractivity contribution is 9.10. The first-order chi connectivity index (χ1) is 6.27. The van der Waals surface area contributed by atoms with Crippen molar-refractivity contribution in [2.24, 2.45) is 0 Å². The normalized spacial score (nSPS) is 22.2. The zero-order chi connectivity index (χ0) is 9.26. The molecule has 1 aliphatic heterocycles. The third-order valence-corrected chi connectivity index (χ3v) is 3.03. The summed E-state index contributed by atoms with van der Waals surface area (Å²) in [7, 11) is 0. The van der Waals surface area contributed by atoms with Crippen molar-refractivity contribution in [3.05, 3.63) is 21.6 Å². The summed E-state index contributed by atoms with van der Waals surface area (Å²) in [5, 5.41) is 0.445. The van der Waals surface area contributed by atoms with E-state index in [1.54, 1.807) is 6.20 Å². The average molecular weight is 264 g/mol. The number of rotatable bonds is 1. The number of nitrogens with zero attached hydrogens (tertiary/aromatic N) is 2. The van der Waals surface area contributed by atoms with E-state index in [4.69, 9.17) is 16.3 Å². The van der Waals surface area contributed by atoms with Crippen molar-refractivity contribution in [1.29, 1.82) is 0 Å². The maximum atomic E-state index is 5.84. The predicted octanol–water partition coefficient (Wildman–Crippen LogP) is 2.74. The van der Waals surface area contributed by atoms with E-state index in [0.29, 0.717) is 11.0 Å². The maximum absolute atomic E-state index is 5.84. The molecule has 0 aromatic carbocycles. The van der Waals surface area contributed by atoms with E-state index >= 15 is 0 Å². The first kappa shape index (κ1) is 9.37. The third-order valence-electron chi connectivity index (χ3n) is 1.94. The Balaban J connectivity index is 2.25. The minimum absolute atomic E-state index is 0.0330. The molecule has 13 heavy (non-hydrogen) atoms. The maximum Gasteiger partial charge on any atom is 0.158 e. The Bertz CT molecular complexity index is 315. The van der Waals surface area contributed by atoms with Gasteiger partial charge in [-0.2, -0.15) is 0 Å². The number of hydrogen-bond acceptors (Lipinski definition) is 3. The van der Waals surface area contributed by atoms with Crippen molar-refractivity contribution in [3.63, 3.8) is 0 Å². The van der Waals surface area contributed by atoms with Crippen LogP contribution in [0.2, 0.25) is 5.15 Å². The van der Waals surface area contributed by atoms with Crippen LogP contribution in [-0.2, 0) is 4.74 Å². The Labute approximate surface area is 89.6 Å². The Morgan fingerprint density at radius 1 is 1.62 bits per heavy atom. The van der Waals surface area contributed by atoms with Gasteiger partial charge >= 0.3 is 0 Å². The van der Waals surface area contributed by atoms with Gasteiger partial charge in [-0.1, -0.05) is 11.6 Å². The van der Waals surface area contributed by atoms with Crippen molar-refractivity contribution in [1.82, 2.24) is 9.97 Å². The topological polar surface area (TPSA) is 35.0 Å². The van der Waals surface area contributed by atoms with Crippen LogP contribution in [0.4, 0.5) is 0 Å². The highest BCUT2D eigenvalue weighted by Crippen LogP contribution is 2.28. The van der Waals surface area contributed by atoms with Crippen molar-refractivity contribution >= 4 is 27.5 Å². The molecule has 0 spiro atoms. The molecular weight excluding hydrogens is 255 g/mol. The molecule has 2 heterocycles. The summed E-state index contributed by atoms with van der Waals surface area (Å²) in [5.74, 6) is 0.686. The molecule has 3 nitrogen and oxygen atoms in total. The van der Waals surface area contributed by atoms with Crippen molar-refractivity contribution in [2.75, 3.05) is 6.61 Å². The molecule has 0 saturated carbocycles. The van der Waals surface area contributed by atoms with Crippen LogP contribution >= 0.6 is 27.5 Å². The monoisotopic (exact) mass is 262 g/mol. The van der Waals surface area contributed by atoms with Gasteiger partial charge < -0.3 is 4.74 Å². The summed E-state index contributed by atoms with van der Waals surface area (Å²) in [4.78, 5) is 8.29. The number of hydrogen-bond donors (Lipinski definition) is 0. The van der Waals surface area contributed by atoms with Gasteiger partial charge in [0.05, 0.1) is 4.47 Å². The van der Waals surface area contributed by atoms with Crippen molar-refractivity contribution < 1.29 is 4.74 Å². The lowest BCUT2D eigenvalue weighted by Crippen LogP contribution is -2.02. The van der Waals surface area contributed by atoms with Gasteiger partial charge in [0.1, 0.15) is 11.3 Å².